The van der Waals surface area contributed by atoms with Crippen LogP contribution in [0, 0.1) is 0 Å². The Balaban J connectivity index is 2.32. The summed E-state index contributed by atoms with van der Waals surface area (Å²) in [5, 5.41) is 2.91. The Hall–Kier alpha value is -1.52. The van der Waals surface area contributed by atoms with E-state index < -0.39 is 11.6 Å². The van der Waals surface area contributed by atoms with Gasteiger partial charge in [0, 0.05) is 10.6 Å². The molecule has 4 nitrogen and oxygen atoms in total. The molecule has 1 saturated heterocycles. The van der Waals surface area contributed by atoms with E-state index in [0.29, 0.717) is 0 Å². The number of amides is 3. The first kappa shape index (κ1) is 13.9. The second-order valence-electron chi connectivity index (χ2n) is 4.37. The normalized spacial score (nSPS) is 23.7. The third-order valence-electron chi connectivity index (χ3n) is 3.05. The lowest BCUT2D eigenvalue weighted by Crippen LogP contribution is -2.40. The van der Waals surface area contributed by atoms with Crippen LogP contribution in [0.25, 0.3) is 0 Å². The van der Waals surface area contributed by atoms with Gasteiger partial charge >= 0.3 is 6.03 Å². The molecule has 1 unspecified atom stereocenters. The first-order chi connectivity index (χ1) is 8.99. The zero-order valence-corrected chi connectivity index (χ0v) is 11.7. The first-order valence-corrected chi connectivity index (χ1v) is 6.45. The largest absolute Gasteiger partial charge is 0.325 e. The summed E-state index contributed by atoms with van der Waals surface area (Å²) in [6, 6.07) is 8.58. The standard InChI is InChI=1S/C13H12Cl2N2O2/c1-13(9-5-3-2-4-6-9)11(18)17(12(19)16-13)8-10(15)7-14/h2-7H,8H2,1H3,(H,16,19)/b10-7-. The fraction of sp³-hybridized carbons (Fsp3) is 0.231. The minimum absolute atomic E-state index is 0.0296. The average Bonchev–Trinajstić information content (AvgIpc) is 2.64. The van der Waals surface area contributed by atoms with E-state index in [9.17, 15) is 9.59 Å². The van der Waals surface area contributed by atoms with E-state index >= 15 is 0 Å². The van der Waals surface area contributed by atoms with Crippen molar-refractivity contribution in [1.82, 2.24) is 10.2 Å². The molecule has 1 N–H and O–H groups in total. The molecule has 0 aromatic heterocycles. The molecule has 1 heterocycles. The van der Waals surface area contributed by atoms with Crippen LogP contribution in [0.1, 0.15) is 12.5 Å². The maximum absolute atomic E-state index is 12.4. The Bertz CT molecular complexity index is 545. The van der Waals surface area contributed by atoms with Gasteiger partial charge in [0.25, 0.3) is 5.91 Å². The summed E-state index contributed by atoms with van der Waals surface area (Å²) >= 11 is 11.2. The number of hydrogen-bond acceptors (Lipinski definition) is 2. The zero-order valence-electron chi connectivity index (χ0n) is 10.2. The minimum atomic E-state index is -1.07. The lowest BCUT2D eigenvalue weighted by Gasteiger charge is -2.22. The molecule has 1 aromatic carbocycles. The number of carbonyl (C=O) groups is 2. The van der Waals surface area contributed by atoms with Crippen LogP contribution >= 0.6 is 23.2 Å². The van der Waals surface area contributed by atoms with Gasteiger partial charge in [0.2, 0.25) is 0 Å². The predicted molar refractivity (Wildman–Crippen MR) is 73.8 cm³/mol. The number of urea groups is 1. The lowest BCUT2D eigenvalue weighted by molar-refractivity contribution is -0.130. The van der Waals surface area contributed by atoms with Crippen molar-refractivity contribution in [2.24, 2.45) is 0 Å². The Labute approximate surface area is 121 Å². The highest BCUT2D eigenvalue weighted by molar-refractivity contribution is 6.36. The smallest absolute Gasteiger partial charge is 0.319 e. The topological polar surface area (TPSA) is 49.4 Å². The van der Waals surface area contributed by atoms with Crippen molar-refractivity contribution in [2.45, 2.75) is 12.5 Å². The minimum Gasteiger partial charge on any atom is -0.319 e. The summed E-state index contributed by atoms with van der Waals surface area (Å²) in [5.74, 6) is -0.347. The molecule has 0 aliphatic carbocycles. The Kier molecular flexibility index (Phi) is 3.83. The lowest BCUT2D eigenvalue weighted by atomic mass is 9.92. The van der Waals surface area contributed by atoms with E-state index in [1.165, 1.54) is 0 Å². The van der Waals surface area contributed by atoms with Crippen molar-refractivity contribution >= 4 is 35.1 Å². The zero-order chi connectivity index (χ0) is 14.0. The van der Waals surface area contributed by atoms with E-state index in [2.05, 4.69) is 5.32 Å². The molecular weight excluding hydrogens is 287 g/mol. The Morgan fingerprint density at radius 1 is 1.37 bits per heavy atom. The van der Waals surface area contributed by atoms with Crippen molar-refractivity contribution in [2.75, 3.05) is 6.54 Å². The summed E-state index contributed by atoms with van der Waals surface area (Å²) in [5.41, 5.74) is 0.795. The molecule has 19 heavy (non-hydrogen) atoms. The maximum Gasteiger partial charge on any atom is 0.325 e. The molecule has 3 amide bonds. The molecule has 6 heteroatoms. The number of nitrogens with one attached hydrogen (secondary N) is 1. The van der Waals surface area contributed by atoms with Gasteiger partial charge < -0.3 is 5.32 Å². The molecule has 1 atom stereocenters. The van der Waals surface area contributed by atoms with Crippen LogP contribution in [-0.2, 0) is 10.3 Å². The van der Waals surface area contributed by atoms with Gasteiger partial charge in [-0.05, 0) is 12.5 Å². The molecule has 0 saturated carbocycles. The van der Waals surface area contributed by atoms with Crippen LogP contribution in [0.5, 0.6) is 0 Å². The number of rotatable bonds is 3. The molecule has 1 aliphatic rings. The first-order valence-electron chi connectivity index (χ1n) is 5.63. The highest BCUT2D eigenvalue weighted by Crippen LogP contribution is 2.29. The second kappa shape index (κ2) is 5.23. The monoisotopic (exact) mass is 298 g/mol. The molecule has 0 spiro atoms. The third kappa shape index (κ3) is 2.46. The van der Waals surface area contributed by atoms with E-state index in [1.54, 1.807) is 19.1 Å². The highest BCUT2D eigenvalue weighted by Gasteiger charge is 2.48. The Morgan fingerprint density at radius 3 is 2.58 bits per heavy atom. The number of imide groups is 1. The third-order valence-corrected chi connectivity index (χ3v) is 3.66. The summed E-state index contributed by atoms with van der Waals surface area (Å²) < 4.78 is 0. The van der Waals surface area contributed by atoms with Crippen LogP contribution in [0.4, 0.5) is 4.79 Å². The number of nitrogens with zero attached hydrogens (tertiary/aromatic N) is 1. The maximum atomic E-state index is 12.4. The van der Waals surface area contributed by atoms with Crippen LogP contribution in [0.3, 0.4) is 0 Å². The summed E-state index contributed by atoms with van der Waals surface area (Å²) in [6.45, 7) is 1.64. The van der Waals surface area contributed by atoms with Gasteiger partial charge in [0.15, 0.2) is 0 Å². The molecule has 1 aromatic rings. The fourth-order valence-corrected chi connectivity index (χ4v) is 2.18. The van der Waals surface area contributed by atoms with Gasteiger partial charge in [-0.15, -0.1) is 0 Å². The summed E-state index contributed by atoms with van der Waals surface area (Å²) in [4.78, 5) is 25.3. The Morgan fingerprint density at radius 2 is 2.00 bits per heavy atom. The van der Waals surface area contributed by atoms with Gasteiger partial charge in [-0.2, -0.15) is 0 Å². The van der Waals surface area contributed by atoms with Crippen LogP contribution in [0.2, 0.25) is 0 Å². The quantitative estimate of drug-likeness (QED) is 0.873. The molecule has 0 bridgehead atoms. The molecule has 1 fully saturated rings. The number of halogens is 2. The molecular formula is C13H12Cl2N2O2. The van der Waals surface area contributed by atoms with Gasteiger partial charge in [-0.1, -0.05) is 53.5 Å². The number of hydrogen-bond donors (Lipinski definition) is 1. The number of benzene rings is 1. The molecule has 1 aliphatic heterocycles. The van der Waals surface area contributed by atoms with Crippen molar-refractivity contribution in [3.63, 3.8) is 0 Å². The predicted octanol–water partition coefficient (Wildman–Crippen LogP) is 2.77. The summed E-state index contributed by atoms with van der Waals surface area (Å²) in [6.07, 6.45) is 0. The SMILES string of the molecule is CC1(c2ccccc2)NC(=O)N(C/C(Cl)=C/Cl)C1=O. The highest BCUT2D eigenvalue weighted by atomic mass is 35.5. The number of carbonyl (C=O) groups excluding carboxylic acids is 2. The molecule has 100 valence electrons. The average molecular weight is 299 g/mol. The van der Waals surface area contributed by atoms with E-state index in [4.69, 9.17) is 23.2 Å². The van der Waals surface area contributed by atoms with E-state index in [-0.39, 0.29) is 17.5 Å². The van der Waals surface area contributed by atoms with Gasteiger partial charge in [0.1, 0.15) is 5.54 Å². The van der Waals surface area contributed by atoms with Crippen LogP contribution in [0.15, 0.2) is 40.9 Å². The van der Waals surface area contributed by atoms with Gasteiger partial charge in [-0.3, -0.25) is 9.69 Å². The summed E-state index contributed by atoms with van der Waals surface area (Å²) in [7, 11) is 0. The van der Waals surface area contributed by atoms with Crippen molar-refractivity contribution < 1.29 is 9.59 Å². The van der Waals surface area contributed by atoms with Crippen molar-refractivity contribution in [1.29, 1.82) is 0 Å². The molecule has 2 rings (SSSR count). The van der Waals surface area contributed by atoms with Crippen LogP contribution < -0.4 is 5.32 Å². The second-order valence-corrected chi connectivity index (χ2v) is 5.07. The van der Waals surface area contributed by atoms with Gasteiger partial charge in [0.05, 0.1) is 6.54 Å². The van der Waals surface area contributed by atoms with E-state index in [0.717, 1.165) is 16.0 Å². The molecule has 0 radical (unpaired) electrons. The van der Waals surface area contributed by atoms with Crippen molar-refractivity contribution in [3.8, 4) is 0 Å². The van der Waals surface area contributed by atoms with E-state index in [1.807, 2.05) is 18.2 Å². The fourth-order valence-electron chi connectivity index (χ4n) is 1.99. The van der Waals surface area contributed by atoms with Crippen LogP contribution in [-0.4, -0.2) is 23.4 Å². The van der Waals surface area contributed by atoms with Crippen molar-refractivity contribution in [3.05, 3.63) is 46.5 Å². The van der Waals surface area contributed by atoms with Gasteiger partial charge in [-0.25, -0.2) is 4.79 Å².